The van der Waals surface area contributed by atoms with Gasteiger partial charge in [0.05, 0.1) is 0 Å². The summed E-state index contributed by atoms with van der Waals surface area (Å²) in [6.07, 6.45) is 4.21. The Balaban J connectivity index is 2.26. The highest BCUT2D eigenvalue weighted by atomic mass is 32.2. The van der Waals surface area contributed by atoms with Crippen molar-refractivity contribution in [2.75, 3.05) is 0 Å². The minimum atomic E-state index is -0.839. The smallest absolute Gasteiger partial charge is 0.159 e. The quantitative estimate of drug-likeness (QED) is 0.849. The van der Waals surface area contributed by atoms with Crippen molar-refractivity contribution in [2.24, 2.45) is 5.73 Å². The molecule has 20 heavy (non-hydrogen) atoms. The number of halogens is 2. The molecule has 1 aromatic carbocycles. The van der Waals surface area contributed by atoms with Gasteiger partial charge < -0.3 is 5.73 Å². The standard InChI is InChI=1S/C15H16F2N2S/c1-2-14(18)15(10-5-7-19-8-6-10)20-11-3-4-12(16)13(17)9-11/h3-9,14-15H,2,18H2,1H3. The van der Waals surface area contributed by atoms with Gasteiger partial charge in [0.1, 0.15) is 0 Å². The lowest BCUT2D eigenvalue weighted by Crippen LogP contribution is -2.25. The van der Waals surface area contributed by atoms with Crippen molar-refractivity contribution in [1.82, 2.24) is 4.98 Å². The zero-order chi connectivity index (χ0) is 14.5. The molecule has 2 nitrogen and oxygen atoms in total. The Morgan fingerprint density at radius 1 is 1.15 bits per heavy atom. The van der Waals surface area contributed by atoms with Crippen molar-refractivity contribution >= 4 is 11.8 Å². The maximum absolute atomic E-state index is 13.3. The lowest BCUT2D eigenvalue weighted by atomic mass is 10.1. The number of pyridine rings is 1. The summed E-state index contributed by atoms with van der Waals surface area (Å²) in [5, 5.41) is -0.0205. The molecule has 0 radical (unpaired) electrons. The molecule has 0 saturated carbocycles. The number of hydrogen-bond donors (Lipinski definition) is 1. The van der Waals surface area contributed by atoms with Gasteiger partial charge in [0.25, 0.3) is 0 Å². The lowest BCUT2D eigenvalue weighted by Gasteiger charge is -2.22. The molecule has 2 unspecified atom stereocenters. The molecule has 0 spiro atoms. The van der Waals surface area contributed by atoms with Crippen LogP contribution in [0.3, 0.4) is 0 Å². The molecule has 2 rings (SSSR count). The third kappa shape index (κ3) is 3.55. The highest BCUT2D eigenvalue weighted by Crippen LogP contribution is 2.38. The van der Waals surface area contributed by atoms with E-state index in [0.29, 0.717) is 4.90 Å². The first-order valence-electron chi connectivity index (χ1n) is 6.39. The van der Waals surface area contributed by atoms with Gasteiger partial charge in [-0.2, -0.15) is 0 Å². The van der Waals surface area contributed by atoms with E-state index in [2.05, 4.69) is 4.98 Å². The van der Waals surface area contributed by atoms with Gasteiger partial charge in [-0.1, -0.05) is 6.92 Å². The minimum absolute atomic E-state index is 0.0205. The summed E-state index contributed by atoms with van der Waals surface area (Å²) in [4.78, 5) is 4.65. The zero-order valence-corrected chi connectivity index (χ0v) is 11.9. The van der Waals surface area contributed by atoms with E-state index in [-0.39, 0.29) is 11.3 Å². The molecule has 0 bridgehead atoms. The van der Waals surface area contributed by atoms with E-state index in [4.69, 9.17) is 5.73 Å². The predicted molar refractivity (Wildman–Crippen MR) is 77.5 cm³/mol. The van der Waals surface area contributed by atoms with Crippen LogP contribution >= 0.6 is 11.8 Å². The third-order valence-electron chi connectivity index (χ3n) is 3.05. The van der Waals surface area contributed by atoms with Crippen LogP contribution in [0.2, 0.25) is 0 Å². The Labute approximate surface area is 121 Å². The summed E-state index contributed by atoms with van der Waals surface area (Å²) in [5.74, 6) is -1.68. The first-order valence-corrected chi connectivity index (χ1v) is 7.27. The summed E-state index contributed by atoms with van der Waals surface area (Å²) >= 11 is 1.44. The molecule has 0 saturated heterocycles. The molecular weight excluding hydrogens is 278 g/mol. The van der Waals surface area contributed by atoms with Gasteiger partial charge in [0, 0.05) is 28.6 Å². The van der Waals surface area contributed by atoms with Crippen LogP contribution in [0.25, 0.3) is 0 Å². The minimum Gasteiger partial charge on any atom is -0.326 e. The van der Waals surface area contributed by atoms with E-state index >= 15 is 0 Å². The molecule has 5 heteroatoms. The lowest BCUT2D eigenvalue weighted by molar-refractivity contribution is 0.506. The predicted octanol–water partition coefficient (Wildman–Crippen LogP) is 3.93. The number of nitrogens with zero attached hydrogens (tertiary/aromatic N) is 1. The number of hydrogen-bond acceptors (Lipinski definition) is 3. The van der Waals surface area contributed by atoms with Gasteiger partial charge in [0.2, 0.25) is 0 Å². The topological polar surface area (TPSA) is 38.9 Å². The summed E-state index contributed by atoms with van der Waals surface area (Å²) in [6.45, 7) is 2.00. The first kappa shape index (κ1) is 14.9. The molecule has 1 aromatic heterocycles. The van der Waals surface area contributed by atoms with Crippen LogP contribution in [-0.2, 0) is 0 Å². The maximum Gasteiger partial charge on any atom is 0.159 e. The molecule has 106 valence electrons. The molecule has 0 aliphatic carbocycles. The van der Waals surface area contributed by atoms with E-state index in [1.54, 1.807) is 18.5 Å². The number of nitrogens with two attached hydrogens (primary N) is 1. The van der Waals surface area contributed by atoms with Gasteiger partial charge >= 0.3 is 0 Å². The first-order chi connectivity index (χ1) is 9.61. The van der Waals surface area contributed by atoms with Gasteiger partial charge in [0.15, 0.2) is 11.6 Å². The van der Waals surface area contributed by atoms with Gasteiger partial charge in [-0.15, -0.1) is 11.8 Å². The van der Waals surface area contributed by atoms with Crippen LogP contribution in [-0.4, -0.2) is 11.0 Å². The molecular formula is C15H16F2N2S. The monoisotopic (exact) mass is 294 g/mol. The number of rotatable bonds is 5. The van der Waals surface area contributed by atoms with Gasteiger partial charge in [-0.3, -0.25) is 4.98 Å². The Bertz CT molecular complexity index is 563. The highest BCUT2D eigenvalue weighted by molar-refractivity contribution is 7.99. The van der Waals surface area contributed by atoms with Crippen LogP contribution in [0, 0.1) is 11.6 Å². The van der Waals surface area contributed by atoms with Crippen molar-refractivity contribution < 1.29 is 8.78 Å². The normalized spacial score (nSPS) is 14.0. The second-order valence-electron chi connectivity index (χ2n) is 4.47. The van der Waals surface area contributed by atoms with Crippen molar-refractivity contribution in [3.05, 3.63) is 59.9 Å². The Kier molecular flexibility index (Phi) is 5.09. The Morgan fingerprint density at radius 2 is 1.85 bits per heavy atom. The largest absolute Gasteiger partial charge is 0.326 e. The molecule has 2 aromatic rings. The number of aromatic nitrogens is 1. The van der Waals surface area contributed by atoms with Crippen LogP contribution in [0.1, 0.15) is 24.2 Å². The zero-order valence-electron chi connectivity index (χ0n) is 11.1. The summed E-state index contributed by atoms with van der Waals surface area (Å²) < 4.78 is 26.3. The fourth-order valence-electron chi connectivity index (χ4n) is 1.87. The average Bonchev–Trinajstić information content (AvgIpc) is 2.48. The van der Waals surface area contributed by atoms with Gasteiger partial charge in [-0.05, 0) is 42.3 Å². The average molecular weight is 294 g/mol. The molecule has 0 aliphatic rings. The molecule has 0 amide bonds. The van der Waals surface area contributed by atoms with E-state index < -0.39 is 11.6 Å². The SMILES string of the molecule is CCC(N)C(Sc1ccc(F)c(F)c1)c1ccncc1. The van der Waals surface area contributed by atoms with E-state index in [1.807, 2.05) is 19.1 Å². The maximum atomic E-state index is 13.3. The van der Waals surface area contributed by atoms with Crippen LogP contribution in [0.5, 0.6) is 0 Å². The number of thioether (sulfide) groups is 1. The van der Waals surface area contributed by atoms with Crippen molar-refractivity contribution in [2.45, 2.75) is 29.5 Å². The second kappa shape index (κ2) is 6.81. The van der Waals surface area contributed by atoms with Gasteiger partial charge in [-0.25, -0.2) is 8.78 Å². The molecule has 0 fully saturated rings. The summed E-state index contributed by atoms with van der Waals surface area (Å²) in [6, 6.07) is 7.63. The van der Waals surface area contributed by atoms with Crippen molar-refractivity contribution in [1.29, 1.82) is 0 Å². The van der Waals surface area contributed by atoms with E-state index in [1.165, 1.54) is 17.8 Å². The molecule has 1 heterocycles. The Morgan fingerprint density at radius 3 is 2.45 bits per heavy atom. The van der Waals surface area contributed by atoms with Crippen LogP contribution < -0.4 is 5.73 Å². The van der Waals surface area contributed by atoms with E-state index in [0.717, 1.165) is 18.1 Å². The fourth-order valence-corrected chi connectivity index (χ4v) is 3.14. The fraction of sp³-hybridized carbons (Fsp3) is 0.267. The van der Waals surface area contributed by atoms with Crippen LogP contribution in [0.15, 0.2) is 47.6 Å². The van der Waals surface area contributed by atoms with Crippen molar-refractivity contribution in [3.8, 4) is 0 Å². The van der Waals surface area contributed by atoms with Crippen molar-refractivity contribution in [3.63, 3.8) is 0 Å². The van der Waals surface area contributed by atoms with Crippen LogP contribution in [0.4, 0.5) is 8.78 Å². The second-order valence-corrected chi connectivity index (χ2v) is 5.68. The third-order valence-corrected chi connectivity index (χ3v) is 4.45. The molecule has 2 N–H and O–H groups in total. The Hall–Kier alpha value is -1.46. The molecule has 2 atom stereocenters. The summed E-state index contributed by atoms with van der Waals surface area (Å²) in [7, 11) is 0. The number of benzene rings is 1. The van der Waals surface area contributed by atoms with E-state index in [9.17, 15) is 8.78 Å². The molecule has 0 aliphatic heterocycles. The highest BCUT2D eigenvalue weighted by Gasteiger charge is 2.20. The summed E-state index contributed by atoms with van der Waals surface area (Å²) in [5.41, 5.74) is 7.19.